The van der Waals surface area contributed by atoms with E-state index in [9.17, 15) is 4.79 Å². The molecular formula is C17H20N4O. The fourth-order valence-electron chi connectivity index (χ4n) is 3.16. The van der Waals surface area contributed by atoms with Crippen molar-refractivity contribution in [3.8, 4) is 0 Å². The van der Waals surface area contributed by atoms with Gasteiger partial charge in [0.25, 0.3) is 5.91 Å². The minimum atomic E-state index is 0.142. The Kier molecular flexibility index (Phi) is 2.60. The highest BCUT2D eigenvalue weighted by atomic mass is 16.2. The van der Waals surface area contributed by atoms with Crippen LogP contribution in [0.15, 0.2) is 12.4 Å². The molecule has 5 nitrogen and oxygen atoms in total. The predicted molar refractivity (Wildman–Crippen MR) is 82.6 cm³/mol. The normalized spacial score (nSPS) is 21.3. The summed E-state index contributed by atoms with van der Waals surface area (Å²) >= 11 is 0. The lowest BCUT2D eigenvalue weighted by atomic mass is 10.2. The molecule has 1 amide bonds. The Morgan fingerprint density at radius 3 is 2.73 bits per heavy atom. The number of carbonyl (C=O) groups is 1. The van der Waals surface area contributed by atoms with Crippen LogP contribution in [0.5, 0.6) is 0 Å². The number of amides is 1. The summed E-state index contributed by atoms with van der Waals surface area (Å²) in [4.78, 5) is 27.4. The van der Waals surface area contributed by atoms with Crippen molar-refractivity contribution in [1.82, 2.24) is 19.9 Å². The zero-order chi connectivity index (χ0) is 14.7. The van der Waals surface area contributed by atoms with Crippen LogP contribution in [-0.2, 0) is 0 Å². The summed E-state index contributed by atoms with van der Waals surface area (Å²) in [5, 5.41) is 0. The second-order valence-electron chi connectivity index (χ2n) is 7.10. The van der Waals surface area contributed by atoms with E-state index in [0.29, 0.717) is 17.5 Å². The van der Waals surface area contributed by atoms with Crippen LogP contribution in [0.2, 0.25) is 0 Å². The summed E-state index contributed by atoms with van der Waals surface area (Å²) in [5.41, 5.74) is 3.24. The number of nitrogens with one attached hydrogen (secondary N) is 1. The largest absolute Gasteiger partial charge is 0.344 e. The number of nitrogens with zero attached hydrogens (tertiary/aromatic N) is 3. The van der Waals surface area contributed by atoms with Gasteiger partial charge in [0.05, 0.1) is 17.5 Å². The Hall–Kier alpha value is -1.91. The monoisotopic (exact) mass is 296 g/mol. The highest BCUT2D eigenvalue weighted by Gasteiger charge is 2.38. The van der Waals surface area contributed by atoms with E-state index in [2.05, 4.69) is 14.9 Å². The number of fused-ring (bicyclic) bond motifs is 1. The Balaban J connectivity index is 1.50. The third kappa shape index (κ3) is 2.19. The van der Waals surface area contributed by atoms with E-state index in [1.54, 1.807) is 6.20 Å². The van der Waals surface area contributed by atoms with E-state index < -0.39 is 0 Å². The molecule has 0 radical (unpaired) electrons. The lowest BCUT2D eigenvalue weighted by Gasteiger charge is -2.21. The summed E-state index contributed by atoms with van der Waals surface area (Å²) in [6, 6.07) is 0.456. The molecule has 1 N–H and O–H groups in total. The summed E-state index contributed by atoms with van der Waals surface area (Å²) in [6.07, 6.45) is 10.9. The highest BCUT2D eigenvalue weighted by Crippen LogP contribution is 2.39. The third-order valence-corrected chi connectivity index (χ3v) is 5.03. The van der Waals surface area contributed by atoms with Crippen molar-refractivity contribution in [2.75, 3.05) is 6.54 Å². The Bertz CT molecular complexity index is 740. The van der Waals surface area contributed by atoms with Crippen LogP contribution >= 0.6 is 0 Å². The molecule has 114 valence electrons. The van der Waals surface area contributed by atoms with Gasteiger partial charge in [-0.05, 0) is 44.4 Å². The van der Waals surface area contributed by atoms with E-state index in [0.717, 1.165) is 42.2 Å². The number of aromatic nitrogens is 3. The Morgan fingerprint density at radius 1 is 1.23 bits per heavy atom. The van der Waals surface area contributed by atoms with Gasteiger partial charge in [0.1, 0.15) is 5.52 Å². The van der Waals surface area contributed by atoms with Crippen LogP contribution in [0.3, 0.4) is 0 Å². The van der Waals surface area contributed by atoms with E-state index in [4.69, 9.17) is 4.98 Å². The number of aromatic amines is 1. The molecule has 2 heterocycles. The van der Waals surface area contributed by atoms with Crippen LogP contribution in [0, 0.1) is 5.92 Å². The second-order valence-corrected chi connectivity index (χ2v) is 7.10. The van der Waals surface area contributed by atoms with Gasteiger partial charge in [-0.2, -0.15) is 0 Å². The van der Waals surface area contributed by atoms with Gasteiger partial charge in [-0.25, -0.2) is 9.97 Å². The standard InChI is InChI=1S/C17H20N4O/c22-17(21(12-5-6-12)9-10-1-2-10)13-7-18-16-15(13)20-14(8-19-16)11-3-4-11/h7-8,10-12H,1-6,9H2,(H,18,19). The fourth-order valence-corrected chi connectivity index (χ4v) is 3.16. The lowest BCUT2D eigenvalue weighted by molar-refractivity contribution is 0.0736. The smallest absolute Gasteiger partial charge is 0.257 e. The molecule has 0 aromatic carbocycles. The summed E-state index contributed by atoms with van der Waals surface area (Å²) in [7, 11) is 0. The molecule has 0 aliphatic heterocycles. The maximum atomic E-state index is 13.0. The SMILES string of the molecule is O=C(c1c[nH]c2ncc(C3CC3)nc12)N(CC1CC1)C1CC1. The lowest BCUT2D eigenvalue weighted by Crippen LogP contribution is -2.34. The van der Waals surface area contributed by atoms with E-state index in [-0.39, 0.29) is 5.91 Å². The molecule has 2 aromatic heterocycles. The molecule has 5 heteroatoms. The van der Waals surface area contributed by atoms with Gasteiger partial charge in [0.2, 0.25) is 0 Å². The van der Waals surface area contributed by atoms with Crippen molar-refractivity contribution in [3.05, 3.63) is 23.7 Å². The maximum Gasteiger partial charge on any atom is 0.257 e. The second kappa shape index (κ2) is 4.54. The molecule has 0 atom stereocenters. The first-order chi connectivity index (χ1) is 10.8. The molecule has 3 fully saturated rings. The van der Waals surface area contributed by atoms with Crippen molar-refractivity contribution in [1.29, 1.82) is 0 Å². The first-order valence-corrected chi connectivity index (χ1v) is 8.44. The van der Waals surface area contributed by atoms with Crippen LogP contribution in [0.4, 0.5) is 0 Å². The molecule has 0 bridgehead atoms. The number of hydrogen-bond donors (Lipinski definition) is 1. The van der Waals surface area contributed by atoms with Gasteiger partial charge in [0.15, 0.2) is 5.65 Å². The van der Waals surface area contributed by atoms with Crippen molar-refractivity contribution >= 4 is 17.1 Å². The predicted octanol–water partition coefficient (Wildman–Crippen LogP) is 2.85. The summed E-state index contributed by atoms with van der Waals surface area (Å²) in [5.74, 6) is 1.42. The fraction of sp³-hybridized carbons (Fsp3) is 0.588. The molecule has 0 spiro atoms. The van der Waals surface area contributed by atoms with Gasteiger partial charge in [-0.15, -0.1) is 0 Å². The Labute approximate surface area is 129 Å². The maximum absolute atomic E-state index is 13.0. The molecule has 3 aliphatic rings. The molecule has 3 saturated carbocycles. The third-order valence-electron chi connectivity index (χ3n) is 5.03. The van der Waals surface area contributed by atoms with E-state index in [1.807, 2.05) is 6.20 Å². The Morgan fingerprint density at radius 2 is 2.05 bits per heavy atom. The molecule has 5 rings (SSSR count). The molecular weight excluding hydrogens is 276 g/mol. The first kappa shape index (κ1) is 12.6. The van der Waals surface area contributed by atoms with Crippen LogP contribution in [0.25, 0.3) is 11.2 Å². The molecule has 2 aromatic rings. The molecule has 0 saturated heterocycles. The van der Waals surface area contributed by atoms with Crippen molar-refractivity contribution in [3.63, 3.8) is 0 Å². The number of carbonyl (C=O) groups excluding carboxylic acids is 1. The van der Waals surface area contributed by atoms with Crippen molar-refractivity contribution in [2.45, 2.75) is 50.5 Å². The van der Waals surface area contributed by atoms with E-state index >= 15 is 0 Å². The molecule has 0 unspecified atom stereocenters. The van der Waals surface area contributed by atoms with Gasteiger partial charge < -0.3 is 9.88 Å². The summed E-state index contributed by atoms with van der Waals surface area (Å²) < 4.78 is 0. The van der Waals surface area contributed by atoms with E-state index in [1.165, 1.54) is 25.7 Å². The highest BCUT2D eigenvalue weighted by molar-refractivity contribution is 6.04. The van der Waals surface area contributed by atoms with Gasteiger partial charge >= 0.3 is 0 Å². The number of rotatable bonds is 5. The summed E-state index contributed by atoms with van der Waals surface area (Å²) in [6.45, 7) is 0.923. The van der Waals surface area contributed by atoms with Crippen molar-refractivity contribution in [2.24, 2.45) is 5.92 Å². The molecule has 3 aliphatic carbocycles. The quantitative estimate of drug-likeness (QED) is 0.923. The zero-order valence-corrected chi connectivity index (χ0v) is 12.6. The minimum Gasteiger partial charge on any atom is -0.344 e. The topological polar surface area (TPSA) is 61.9 Å². The minimum absolute atomic E-state index is 0.142. The average molecular weight is 296 g/mol. The first-order valence-electron chi connectivity index (χ1n) is 8.44. The number of H-pyrrole nitrogens is 1. The van der Waals surface area contributed by atoms with Gasteiger partial charge in [-0.1, -0.05) is 0 Å². The van der Waals surface area contributed by atoms with Crippen LogP contribution in [0.1, 0.15) is 60.5 Å². The van der Waals surface area contributed by atoms with Crippen LogP contribution < -0.4 is 0 Å². The number of hydrogen-bond acceptors (Lipinski definition) is 3. The average Bonchev–Trinajstić information content (AvgIpc) is 3.36. The van der Waals surface area contributed by atoms with Crippen LogP contribution in [-0.4, -0.2) is 38.3 Å². The van der Waals surface area contributed by atoms with Crippen molar-refractivity contribution < 1.29 is 4.79 Å². The zero-order valence-electron chi connectivity index (χ0n) is 12.6. The van der Waals surface area contributed by atoms with Gasteiger partial charge in [-0.3, -0.25) is 4.79 Å². The molecule has 22 heavy (non-hydrogen) atoms. The van der Waals surface area contributed by atoms with Gasteiger partial charge in [0, 0.05) is 24.7 Å².